The summed E-state index contributed by atoms with van der Waals surface area (Å²) in [6, 6.07) is 4.22. The molecule has 0 radical (unpaired) electrons. The third-order valence-corrected chi connectivity index (χ3v) is 4.71. The standard InChI is InChI=1S/C17H22N4O/c1-13-17-19-9-15(12-22-16-3-2-6-18-10-16)21(17)8-7-20(13)11-14-4-5-14/h2-3,6,9-10,13-14H,4-5,7-8,11-12H2,1H3. The van der Waals surface area contributed by atoms with Crippen molar-refractivity contribution in [2.75, 3.05) is 13.1 Å². The number of imidazole rings is 1. The van der Waals surface area contributed by atoms with Gasteiger partial charge in [0.1, 0.15) is 18.2 Å². The first-order valence-electron chi connectivity index (χ1n) is 8.12. The van der Waals surface area contributed by atoms with E-state index in [-0.39, 0.29) is 0 Å². The van der Waals surface area contributed by atoms with Crippen molar-refractivity contribution < 1.29 is 4.74 Å². The Hall–Kier alpha value is -1.88. The molecule has 1 aliphatic carbocycles. The molecule has 3 heterocycles. The van der Waals surface area contributed by atoms with Crippen LogP contribution in [0.3, 0.4) is 0 Å². The van der Waals surface area contributed by atoms with Crippen LogP contribution in [0.4, 0.5) is 0 Å². The summed E-state index contributed by atoms with van der Waals surface area (Å²) in [4.78, 5) is 11.3. The highest BCUT2D eigenvalue weighted by atomic mass is 16.5. The highest BCUT2D eigenvalue weighted by Crippen LogP contribution is 2.34. The van der Waals surface area contributed by atoms with E-state index in [4.69, 9.17) is 4.74 Å². The van der Waals surface area contributed by atoms with Gasteiger partial charge in [-0.1, -0.05) is 0 Å². The molecule has 0 spiro atoms. The predicted molar refractivity (Wildman–Crippen MR) is 83.5 cm³/mol. The zero-order valence-corrected chi connectivity index (χ0v) is 13.0. The first-order valence-corrected chi connectivity index (χ1v) is 8.12. The first-order chi connectivity index (χ1) is 10.8. The third-order valence-electron chi connectivity index (χ3n) is 4.71. The van der Waals surface area contributed by atoms with Gasteiger partial charge in [-0.3, -0.25) is 9.88 Å². The summed E-state index contributed by atoms with van der Waals surface area (Å²) < 4.78 is 8.14. The van der Waals surface area contributed by atoms with E-state index in [1.807, 2.05) is 18.3 Å². The van der Waals surface area contributed by atoms with Gasteiger partial charge < -0.3 is 9.30 Å². The molecule has 1 aliphatic heterocycles. The molecule has 0 bridgehead atoms. The minimum atomic E-state index is 0.404. The third kappa shape index (κ3) is 2.73. The van der Waals surface area contributed by atoms with Crippen LogP contribution in [0.25, 0.3) is 0 Å². The molecule has 0 aromatic carbocycles. The lowest BCUT2D eigenvalue weighted by Gasteiger charge is -2.34. The molecule has 22 heavy (non-hydrogen) atoms. The van der Waals surface area contributed by atoms with E-state index in [1.54, 1.807) is 12.4 Å². The zero-order chi connectivity index (χ0) is 14.9. The van der Waals surface area contributed by atoms with Gasteiger partial charge in [-0.2, -0.15) is 0 Å². The molecule has 1 saturated carbocycles. The monoisotopic (exact) mass is 298 g/mol. The molecular weight excluding hydrogens is 276 g/mol. The lowest BCUT2D eigenvalue weighted by Crippen LogP contribution is -2.38. The molecule has 1 atom stereocenters. The van der Waals surface area contributed by atoms with Crippen LogP contribution in [0.5, 0.6) is 5.75 Å². The average Bonchev–Trinajstić information content (AvgIpc) is 3.27. The van der Waals surface area contributed by atoms with Crippen LogP contribution >= 0.6 is 0 Å². The Morgan fingerprint density at radius 3 is 2.95 bits per heavy atom. The normalized spacial score (nSPS) is 21.6. The van der Waals surface area contributed by atoms with Gasteiger partial charge in [-0.25, -0.2) is 4.98 Å². The lowest BCUT2D eigenvalue weighted by atomic mass is 10.2. The zero-order valence-electron chi connectivity index (χ0n) is 13.0. The Balaban J connectivity index is 1.45. The Morgan fingerprint density at radius 1 is 1.27 bits per heavy atom. The van der Waals surface area contributed by atoms with Gasteiger partial charge in [0, 0.05) is 25.8 Å². The Kier molecular flexibility index (Phi) is 3.58. The van der Waals surface area contributed by atoms with Crippen molar-refractivity contribution in [3.8, 4) is 5.75 Å². The topological polar surface area (TPSA) is 43.2 Å². The van der Waals surface area contributed by atoms with Crippen LogP contribution in [0, 0.1) is 5.92 Å². The summed E-state index contributed by atoms with van der Waals surface area (Å²) in [5.74, 6) is 2.91. The molecule has 5 nitrogen and oxygen atoms in total. The molecule has 1 unspecified atom stereocenters. The smallest absolute Gasteiger partial charge is 0.138 e. The highest BCUT2D eigenvalue weighted by molar-refractivity contribution is 5.17. The van der Waals surface area contributed by atoms with E-state index in [2.05, 4.69) is 26.4 Å². The van der Waals surface area contributed by atoms with Crippen LogP contribution in [0.2, 0.25) is 0 Å². The number of pyridine rings is 1. The van der Waals surface area contributed by atoms with Gasteiger partial charge in [0.25, 0.3) is 0 Å². The van der Waals surface area contributed by atoms with Gasteiger partial charge in [-0.15, -0.1) is 0 Å². The molecule has 4 rings (SSSR count). The Bertz CT molecular complexity index is 635. The second kappa shape index (κ2) is 5.72. The summed E-state index contributed by atoms with van der Waals surface area (Å²) in [7, 11) is 0. The number of ether oxygens (including phenoxy) is 1. The minimum Gasteiger partial charge on any atom is -0.486 e. The van der Waals surface area contributed by atoms with Crippen LogP contribution in [-0.2, 0) is 13.2 Å². The van der Waals surface area contributed by atoms with E-state index >= 15 is 0 Å². The molecule has 1 fully saturated rings. The maximum absolute atomic E-state index is 5.82. The summed E-state index contributed by atoms with van der Waals surface area (Å²) in [5, 5.41) is 0. The van der Waals surface area contributed by atoms with Crippen LogP contribution in [0.1, 0.15) is 37.3 Å². The van der Waals surface area contributed by atoms with Crippen molar-refractivity contribution in [1.82, 2.24) is 19.4 Å². The van der Waals surface area contributed by atoms with Crippen molar-refractivity contribution in [2.24, 2.45) is 5.92 Å². The average molecular weight is 298 g/mol. The van der Waals surface area contributed by atoms with E-state index < -0.39 is 0 Å². The van der Waals surface area contributed by atoms with Crippen LogP contribution < -0.4 is 4.74 Å². The van der Waals surface area contributed by atoms with E-state index in [0.717, 1.165) is 30.5 Å². The van der Waals surface area contributed by atoms with Gasteiger partial charge in [-0.05, 0) is 37.8 Å². The molecule has 2 aromatic heterocycles. The molecule has 0 N–H and O–H groups in total. The Labute approximate surface area is 130 Å². The molecule has 0 amide bonds. The number of nitrogens with zero attached hydrogens (tertiary/aromatic N) is 4. The quantitative estimate of drug-likeness (QED) is 0.851. The predicted octanol–water partition coefficient (Wildman–Crippen LogP) is 2.64. The second-order valence-electron chi connectivity index (χ2n) is 6.35. The fourth-order valence-electron chi connectivity index (χ4n) is 3.19. The number of aromatic nitrogens is 3. The number of hydrogen-bond acceptors (Lipinski definition) is 4. The molecule has 2 aromatic rings. The highest BCUT2D eigenvalue weighted by Gasteiger charge is 2.31. The molecular formula is C17H22N4O. The van der Waals surface area contributed by atoms with Crippen LogP contribution in [-0.4, -0.2) is 32.5 Å². The van der Waals surface area contributed by atoms with Crippen molar-refractivity contribution in [3.63, 3.8) is 0 Å². The summed E-state index contributed by atoms with van der Waals surface area (Å²) in [6.07, 6.45) is 8.27. The minimum absolute atomic E-state index is 0.404. The maximum Gasteiger partial charge on any atom is 0.138 e. The number of fused-ring (bicyclic) bond motifs is 1. The Morgan fingerprint density at radius 2 is 2.18 bits per heavy atom. The van der Waals surface area contributed by atoms with Gasteiger partial charge in [0.05, 0.1) is 24.1 Å². The van der Waals surface area contributed by atoms with E-state index in [9.17, 15) is 0 Å². The molecule has 2 aliphatic rings. The molecule has 116 valence electrons. The number of rotatable bonds is 5. The van der Waals surface area contributed by atoms with Gasteiger partial charge in [0.2, 0.25) is 0 Å². The van der Waals surface area contributed by atoms with Crippen molar-refractivity contribution >= 4 is 0 Å². The fourth-order valence-corrected chi connectivity index (χ4v) is 3.19. The summed E-state index contributed by atoms with van der Waals surface area (Å²) in [6.45, 7) is 6.18. The van der Waals surface area contributed by atoms with E-state index in [1.165, 1.54) is 25.2 Å². The van der Waals surface area contributed by atoms with Crippen molar-refractivity contribution in [1.29, 1.82) is 0 Å². The molecule has 0 saturated heterocycles. The molecule has 5 heteroatoms. The number of hydrogen-bond donors (Lipinski definition) is 0. The van der Waals surface area contributed by atoms with Crippen molar-refractivity contribution in [3.05, 3.63) is 42.2 Å². The first kappa shape index (κ1) is 13.8. The summed E-state index contributed by atoms with van der Waals surface area (Å²) in [5.41, 5.74) is 1.15. The van der Waals surface area contributed by atoms with Crippen molar-refractivity contribution in [2.45, 2.75) is 39.0 Å². The van der Waals surface area contributed by atoms with Gasteiger partial charge in [0.15, 0.2) is 0 Å². The lowest BCUT2D eigenvalue weighted by molar-refractivity contribution is 0.154. The fraction of sp³-hybridized carbons (Fsp3) is 0.529. The SMILES string of the molecule is CC1c2ncc(COc3cccnc3)n2CCN1CC1CC1. The largest absolute Gasteiger partial charge is 0.486 e. The second-order valence-corrected chi connectivity index (χ2v) is 6.35. The van der Waals surface area contributed by atoms with Gasteiger partial charge >= 0.3 is 0 Å². The maximum atomic E-state index is 5.82. The van der Waals surface area contributed by atoms with Crippen LogP contribution in [0.15, 0.2) is 30.7 Å². The van der Waals surface area contributed by atoms with E-state index in [0.29, 0.717) is 12.6 Å². The summed E-state index contributed by atoms with van der Waals surface area (Å²) >= 11 is 0.